The minimum absolute atomic E-state index is 0.0224. The van der Waals surface area contributed by atoms with E-state index in [0.29, 0.717) is 5.75 Å². The second-order valence-corrected chi connectivity index (χ2v) is 7.20. The molecule has 0 bridgehead atoms. The van der Waals surface area contributed by atoms with Crippen LogP contribution in [0, 0.1) is 6.92 Å². The second kappa shape index (κ2) is 9.04. The van der Waals surface area contributed by atoms with E-state index in [9.17, 15) is 4.79 Å². The number of nitrogens with zero attached hydrogens (tertiary/aromatic N) is 1. The highest BCUT2D eigenvalue weighted by molar-refractivity contribution is 8.00. The van der Waals surface area contributed by atoms with Gasteiger partial charge in [-0.3, -0.25) is 9.69 Å². The van der Waals surface area contributed by atoms with Gasteiger partial charge in [0.1, 0.15) is 0 Å². The predicted octanol–water partition coefficient (Wildman–Crippen LogP) is 3.56. The van der Waals surface area contributed by atoms with E-state index in [2.05, 4.69) is 35.3 Å². The molecule has 0 saturated carbocycles. The lowest BCUT2D eigenvalue weighted by molar-refractivity contribution is -0.113. The second-order valence-electron chi connectivity index (χ2n) is 6.19. The number of carbonyl (C=O) groups excluding carboxylic acids is 1. The zero-order valence-electron chi connectivity index (χ0n) is 14.5. The van der Waals surface area contributed by atoms with Crippen molar-refractivity contribution < 1.29 is 9.53 Å². The third-order valence-corrected chi connectivity index (χ3v) is 5.38. The van der Waals surface area contributed by atoms with Crippen LogP contribution >= 0.6 is 11.8 Å². The third kappa shape index (κ3) is 5.59. The molecule has 5 heteroatoms. The number of hydrogen-bond acceptors (Lipinski definition) is 4. The summed E-state index contributed by atoms with van der Waals surface area (Å²) in [6, 6.07) is 16.2. The molecule has 1 fully saturated rings. The van der Waals surface area contributed by atoms with Crippen molar-refractivity contribution in [2.75, 3.05) is 37.4 Å². The summed E-state index contributed by atoms with van der Waals surface area (Å²) in [7, 11) is 0. The molecule has 0 spiro atoms. The maximum absolute atomic E-state index is 12.1. The fourth-order valence-electron chi connectivity index (χ4n) is 2.77. The van der Waals surface area contributed by atoms with Gasteiger partial charge < -0.3 is 10.1 Å². The number of morpholine rings is 1. The van der Waals surface area contributed by atoms with Crippen LogP contribution in [0.1, 0.15) is 11.1 Å². The van der Waals surface area contributed by atoms with Crippen LogP contribution in [0.25, 0.3) is 0 Å². The lowest BCUT2D eigenvalue weighted by Gasteiger charge is -2.26. The summed E-state index contributed by atoms with van der Waals surface area (Å²) >= 11 is 1.57. The van der Waals surface area contributed by atoms with E-state index in [1.165, 1.54) is 11.1 Å². The van der Waals surface area contributed by atoms with Gasteiger partial charge in [0.25, 0.3) is 0 Å². The molecule has 2 aromatic carbocycles. The maximum Gasteiger partial charge on any atom is 0.234 e. The monoisotopic (exact) mass is 356 g/mol. The SMILES string of the molecule is Cc1ccccc1SCC(=O)Nc1ccc(CN2CCOCC2)cc1. The summed E-state index contributed by atoms with van der Waals surface area (Å²) in [5.41, 5.74) is 3.31. The van der Waals surface area contributed by atoms with Gasteiger partial charge in [-0.2, -0.15) is 0 Å². The standard InChI is InChI=1S/C20H24N2O2S/c1-16-4-2-3-5-19(16)25-15-20(23)21-18-8-6-17(7-9-18)14-22-10-12-24-13-11-22/h2-9H,10-15H2,1H3,(H,21,23). The summed E-state index contributed by atoms with van der Waals surface area (Å²) in [5, 5.41) is 2.97. The van der Waals surface area contributed by atoms with Gasteiger partial charge in [0.05, 0.1) is 19.0 Å². The van der Waals surface area contributed by atoms with Gasteiger partial charge in [-0.15, -0.1) is 11.8 Å². The first kappa shape index (κ1) is 18.0. The van der Waals surface area contributed by atoms with Crippen molar-refractivity contribution in [2.45, 2.75) is 18.4 Å². The number of nitrogens with one attached hydrogen (secondary N) is 1. The molecule has 0 atom stereocenters. The summed E-state index contributed by atoms with van der Waals surface area (Å²) in [5.74, 6) is 0.439. The smallest absolute Gasteiger partial charge is 0.234 e. The number of hydrogen-bond donors (Lipinski definition) is 1. The number of thioether (sulfide) groups is 1. The van der Waals surface area contributed by atoms with Crippen LogP contribution in [0.2, 0.25) is 0 Å². The fourth-order valence-corrected chi connectivity index (χ4v) is 3.60. The number of ether oxygens (including phenoxy) is 1. The Kier molecular flexibility index (Phi) is 6.50. The van der Waals surface area contributed by atoms with Gasteiger partial charge in [-0.25, -0.2) is 0 Å². The molecule has 4 nitrogen and oxygen atoms in total. The van der Waals surface area contributed by atoms with Gasteiger partial charge in [0, 0.05) is 30.2 Å². The molecule has 0 unspecified atom stereocenters. The van der Waals surface area contributed by atoms with Crippen molar-refractivity contribution in [3.63, 3.8) is 0 Å². The Balaban J connectivity index is 1.47. The Morgan fingerprint density at radius 3 is 2.56 bits per heavy atom. The molecule has 1 saturated heterocycles. The summed E-state index contributed by atoms with van der Waals surface area (Å²) < 4.78 is 5.37. The van der Waals surface area contributed by atoms with E-state index in [0.717, 1.165) is 43.4 Å². The molecule has 1 aliphatic heterocycles. The largest absolute Gasteiger partial charge is 0.379 e. The lowest BCUT2D eigenvalue weighted by atomic mass is 10.2. The summed E-state index contributed by atoms with van der Waals surface area (Å²) in [4.78, 5) is 15.7. The van der Waals surface area contributed by atoms with Gasteiger partial charge in [0.2, 0.25) is 5.91 Å². The Hall–Kier alpha value is -1.82. The van der Waals surface area contributed by atoms with Crippen molar-refractivity contribution in [2.24, 2.45) is 0 Å². The highest BCUT2D eigenvalue weighted by atomic mass is 32.2. The molecular weight excluding hydrogens is 332 g/mol. The van der Waals surface area contributed by atoms with Crippen molar-refractivity contribution in [3.8, 4) is 0 Å². The minimum Gasteiger partial charge on any atom is -0.379 e. The molecular formula is C20H24N2O2S. The quantitative estimate of drug-likeness (QED) is 0.804. The van der Waals surface area contributed by atoms with Crippen molar-refractivity contribution in [1.29, 1.82) is 0 Å². The molecule has 1 N–H and O–H groups in total. The van der Waals surface area contributed by atoms with Gasteiger partial charge >= 0.3 is 0 Å². The molecule has 132 valence electrons. The molecule has 1 heterocycles. The topological polar surface area (TPSA) is 41.6 Å². The number of amides is 1. The fraction of sp³-hybridized carbons (Fsp3) is 0.350. The Bertz CT molecular complexity index is 697. The van der Waals surface area contributed by atoms with Crippen LogP contribution < -0.4 is 5.32 Å². The Morgan fingerprint density at radius 2 is 1.84 bits per heavy atom. The lowest BCUT2D eigenvalue weighted by Crippen LogP contribution is -2.35. The molecule has 2 aromatic rings. The normalized spacial score (nSPS) is 15.1. The van der Waals surface area contributed by atoms with E-state index < -0.39 is 0 Å². The van der Waals surface area contributed by atoms with E-state index >= 15 is 0 Å². The summed E-state index contributed by atoms with van der Waals surface area (Å²) in [6.45, 7) is 6.58. The van der Waals surface area contributed by atoms with Gasteiger partial charge in [-0.1, -0.05) is 30.3 Å². The minimum atomic E-state index is 0.0224. The van der Waals surface area contributed by atoms with Crippen molar-refractivity contribution in [3.05, 3.63) is 59.7 Å². The highest BCUT2D eigenvalue weighted by Gasteiger charge is 2.11. The number of rotatable bonds is 6. The summed E-state index contributed by atoms with van der Waals surface area (Å²) in [6.07, 6.45) is 0. The molecule has 0 aliphatic carbocycles. The molecule has 0 aromatic heterocycles. The molecule has 1 amide bonds. The van der Waals surface area contributed by atoms with Crippen LogP contribution in [0.15, 0.2) is 53.4 Å². The number of carbonyl (C=O) groups is 1. The number of benzene rings is 2. The van der Waals surface area contributed by atoms with Crippen LogP contribution in [-0.2, 0) is 16.1 Å². The Morgan fingerprint density at radius 1 is 1.12 bits per heavy atom. The Labute approximate surface area is 153 Å². The third-order valence-electron chi connectivity index (χ3n) is 4.20. The zero-order chi connectivity index (χ0) is 17.5. The zero-order valence-corrected chi connectivity index (χ0v) is 15.3. The van der Waals surface area contributed by atoms with Gasteiger partial charge in [-0.05, 0) is 36.2 Å². The molecule has 25 heavy (non-hydrogen) atoms. The van der Waals surface area contributed by atoms with Crippen molar-refractivity contribution >= 4 is 23.4 Å². The first-order valence-electron chi connectivity index (χ1n) is 8.58. The van der Waals surface area contributed by atoms with Crippen LogP contribution in [0.5, 0.6) is 0 Å². The first-order valence-corrected chi connectivity index (χ1v) is 9.56. The van der Waals surface area contributed by atoms with Crippen LogP contribution in [0.3, 0.4) is 0 Å². The van der Waals surface area contributed by atoms with E-state index in [1.807, 2.05) is 30.3 Å². The van der Waals surface area contributed by atoms with E-state index in [1.54, 1.807) is 11.8 Å². The highest BCUT2D eigenvalue weighted by Crippen LogP contribution is 2.22. The average molecular weight is 356 g/mol. The molecule has 3 rings (SSSR count). The van der Waals surface area contributed by atoms with Crippen LogP contribution in [-0.4, -0.2) is 42.9 Å². The number of anilines is 1. The number of aryl methyl sites for hydroxylation is 1. The maximum atomic E-state index is 12.1. The molecule has 1 aliphatic rings. The van der Waals surface area contributed by atoms with E-state index in [-0.39, 0.29) is 5.91 Å². The predicted molar refractivity (Wildman–Crippen MR) is 103 cm³/mol. The van der Waals surface area contributed by atoms with Gasteiger partial charge in [0.15, 0.2) is 0 Å². The average Bonchev–Trinajstić information content (AvgIpc) is 2.64. The van der Waals surface area contributed by atoms with E-state index in [4.69, 9.17) is 4.74 Å². The van der Waals surface area contributed by atoms with Crippen LogP contribution in [0.4, 0.5) is 5.69 Å². The first-order chi connectivity index (χ1) is 12.2. The van der Waals surface area contributed by atoms with Crippen molar-refractivity contribution in [1.82, 2.24) is 4.90 Å². The molecule has 0 radical (unpaired) electrons.